The highest BCUT2D eigenvalue weighted by Crippen LogP contribution is 2.29. The molecule has 0 saturated carbocycles. The summed E-state index contributed by atoms with van der Waals surface area (Å²) >= 11 is 3.13. The molecule has 0 aliphatic carbocycles. The zero-order valence-corrected chi connectivity index (χ0v) is 16.0. The van der Waals surface area contributed by atoms with Gasteiger partial charge in [0.15, 0.2) is 4.34 Å². The van der Waals surface area contributed by atoms with Crippen LogP contribution in [0.2, 0.25) is 0 Å². The molecular weight excluding hydrogens is 350 g/mol. The number of quaternary nitrogens is 1. The number of nitrogens with one attached hydrogen (secondary N) is 2. The quantitative estimate of drug-likeness (QED) is 0.626. The number of nitrogens with zero attached hydrogens (tertiary/aromatic N) is 1. The summed E-state index contributed by atoms with van der Waals surface area (Å²) in [7, 11) is 4.22. The molecule has 1 heterocycles. The number of fused-ring (bicyclic) bond motifs is 1. The maximum atomic E-state index is 12.2. The van der Waals surface area contributed by atoms with Gasteiger partial charge in [-0.3, -0.25) is 4.79 Å². The zero-order chi connectivity index (χ0) is 17.6. The Morgan fingerprint density at radius 1 is 1.16 bits per heavy atom. The summed E-state index contributed by atoms with van der Waals surface area (Å²) in [6.07, 6.45) is 0. The number of likely N-dealkylation sites (N-methyl/N-ethyl adjacent to an activating group) is 1. The van der Waals surface area contributed by atoms with E-state index in [1.807, 2.05) is 36.4 Å². The number of carbonyl (C=O) groups excluding carboxylic acids is 1. The number of hydrogen-bond donors (Lipinski definition) is 2. The number of para-hydroxylation sites is 1. The van der Waals surface area contributed by atoms with Gasteiger partial charge in [0, 0.05) is 5.56 Å². The van der Waals surface area contributed by atoms with Crippen molar-refractivity contribution in [3.8, 4) is 0 Å². The molecule has 6 heteroatoms. The highest BCUT2D eigenvalue weighted by molar-refractivity contribution is 8.01. The van der Waals surface area contributed by atoms with Crippen LogP contribution in [0.1, 0.15) is 11.6 Å². The van der Waals surface area contributed by atoms with Crippen molar-refractivity contribution in [3.05, 3.63) is 60.2 Å². The van der Waals surface area contributed by atoms with Gasteiger partial charge < -0.3 is 10.2 Å². The van der Waals surface area contributed by atoms with Gasteiger partial charge in [0.05, 0.1) is 36.6 Å². The second-order valence-electron chi connectivity index (χ2n) is 6.08. The van der Waals surface area contributed by atoms with Gasteiger partial charge in [-0.25, -0.2) is 4.98 Å². The minimum atomic E-state index is 0.0476. The SMILES string of the molecule is C[NH+](C)[C@H](CNC(=O)CSc1nc2ccccc2s1)c1ccccc1. The van der Waals surface area contributed by atoms with Crippen molar-refractivity contribution in [1.82, 2.24) is 10.3 Å². The lowest BCUT2D eigenvalue weighted by molar-refractivity contribution is -0.890. The van der Waals surface area contributed by atoms with Crippen LogP contribution in [-0.2, 0) is 4.79 Å². The smallest absolute Gasteiger partial charge is 0.230 e. The van der Waals surface area contributed by atoms with Gasteiger partial charge in [-0.1, -0.05) is 54.2 Å². The minimum Gasteiger partial charge on any atom is -0.349 e. The molecular formula is C19H22N3OS2+. The minimum absolute atomic E-state index is 0.0476. The van der Waals surface area contributed by atoms with Crippen molar-refractivity contribution >= 4 is 39.2 Å². The van der Waals surface area contributed by atoms with Gasteiger partial charge >= 0.3 is 0 Å². The van der Waals surface area contributed by atoms with Crippen molar-refractivity contribution in [2.75, 3.05) is 26.4 Å². The van der Waals surface area contributed by atoms with Gasteiger partial charge in [0.2, 0.25) is 5.91 Å². The van der Waals surface area contributed by atoms with E-state index >= 15 is 0 Å². The largest absolute Gasteiger partial charge is 0.349 e. The molecule has 0 unspecified atom stereocenters. The van der Waals surface area contributed by atoms with Gasteiger partial charge in [-0.2, -0.15) is 0 Å². The maximum absolute atomic E-state index is 12.2. The summed E-state index contributed by atoms with van der Waals surface area (Å²) in [4.78, 5) is 18.1. The molecule has 0 fully saturated rings. The van der Waals surface area contributed by atoms with Crippen molar-refractivity contribution in [2.45, 2.75) is 10.4 Å². The van der Waals surface area contributed by atoms with Gasteiger partial charge in [-0.15, -0.1) is 11.3 Å². The number of amides is 1. The Morgan fingerprint density at radius 2 is 1.88 bits per heavy atom. The highest BCUT2D eigenvalue weighted by atomic mass is 32.2. The molecule has 0 saturated heterocycles. The third-order valence-corrected chi connectivity index (χ3v) is 6.18. The summed E-state index contributed by atoms with van der Waals surface area (Å²) in [6.45, 7) is 0.631. The molecule has 0 bridgehead atoms. The Kier molecular flexibility index (Phi) is 6.07. The summed E-state index contributed by atoms with van der Waals surface area (Å²) in [6, 6.07) is 18.6. The lowest BCUT2D eigenvalue weighted by Gasteiger charge is -2.22. The van der Waals surface area contributed by atoms with E-state index in [0.29, 0.717) is 12.3 Å². The molecule has 2 N–H and O–H groups in total. The van der Waals surface area contributed by atoms with Crippen molar-refractivity contribution in [3.63, 3.8) is 0 Å². The predicted octanol–water partition coefficient (Wildman–Crippen LogP) is 2.39. The molecule has 3 rings (SSSR count). The highest BCUT2D eigenvalue weighted by Gasteiger charge is 2.18. The van der Waals surface area contributed by atoms with E-state index < -0.39 is 0 Å². The average Bonchev–Trinajstić information content (AvgIpc) is 3.04. The molecule has 2 aromatic carbocycles. The number of benzene rings is 2. The Labute approximate surface area is 156 Å². The van der Waals surface area contributed by atoms with Crippen molar-refractivity contribution in [1.29, 1.82) is 0 Å². The van der Waals surface area contributed by atoms with Gasteiger partial charge in [0.1, 0.15) is 6.04 Å². The molecule has 25 heavy (non-hydrogen) atoms. The number of carbonyl (C=O) groups is 1. The zero-order valence-electron chi connectivity index (χ0n) is 14.4. The Bertz CT molecular complexity index is 800. The summed E-state index contributed by atoms with van der Waals surface area (Å²) < 4.78 is 2.10. The van der Waals surface area contributed by atoms with Crippen LogP contribution < -0.4 is 10.2 Å². The normalized spacial score (nSPS) is 12.4. The molecule has 130 valence electrons. The van der Waals surface area contributed by atoms with E-state index in [0.717, 1.165) is 14.6 Å². The number of thiazole rings is 1. The molecule has 1 amide bonds. The molecule has 0 spiro atoms. The van der Waals surface area contributed by atoms with E-state index in [9.17, 15) is 4.79 Å². The van der Waals surface area contributed by atoms with Crippen molar-refractivity contribution in [2.24, 2.45) is 0 Å². The lowest BCUT2D eigenvalue weighted by atomic mass is 10.1. The Balaban J connectivity index is 1.53. The van der Waals surface area contributed by atoms with E-state index in [1.54, 1.807) is 11.3 Å². The predicted molar refractivity (Wildman–Crippen MR) is 105 cm³/mol. The van der Waals surface area contributed by atoms with Crippen LogP contribution in [0.15, 0.2) is 58.9 Å². The van der Waals surface area contributed by atoms with Crippen LogP contribution >= 0.6 is 23.1 Å². The third-order valence-electron chi connectivity index (χ3n) is 4.00. The molecule has 0 aliphatic rings. The van der Waals surface area contributed by atoms with E-state index in [2.05, 4.69) is 42.6 Å². The standard InChI is InChI=1S/C19H21N3OS2/c1-22(2)16(14-8-4-3-5-9-14)12-20-18(23)13-24-19-21-15-10-6-7-11-17(15)25-19/h3-11,16H,12-13H2,1-2H3,(H,20,23)/p+1/t16-/m1/s1. The van der Waals surface area contributed by atoms with Crippen LogP contribution in [0.5, 0.6) is 0 Å². The number of aromatic nitrogens is 1. The number of thioether (sulfide) groups is 1. The second-order valence-corrected chi connectivity index (χ2v) is 8.33. The molecule has 1 aromatic heterocycles. The first-order valence-electron chi connectivity index (χ1n) is 8.23. The Hall–Kier alpha value is -1.89. The average molecular weight is 373 g/mol. The summed E-state index contributed by atoms with van der Waals surface area (Å²) in [5, 5.41) is 3.06. The van der Waals surface area contributed by atoms with Crippen molar-refractivity contribution < 1.29 is 9.69 Å². The first-order valence-corrected chi connectivity index (χ1v) is 10.0. The van der Waals surface area contributed by atoms with E-state index in [-0.39, 0.29) is 11.9 Å². The molecule has 3 aromatic rings. The second kappa shape index (κ2) is 8.47. The van der Waals surface area contributed by atoms with Crippen LogP contribution in [0, 0.1) is 0 Å². The van der Waals surface area contributed by atoms with Crippen LogP contribution in [-0.4, -0.2) is 37.3 Å². The van der Waals surface area contributed by atoms with Crippen LogP contribution in [0.3, 0.4) is 0 Å². The molecule has 1 atom stereocenters. The lowest BCUT2D eigenvalue weighted by Crippen LogP contribution is -3.07. The third kappa shape index (κ3) is 4.81. The van der Waals surface area contributed by atoms with Gasteiger partial charge in [0.25, 0.3) is 0 Å². The van der Waals surface area contributed by atoms with E-state index in [1.165, 1.54) is 22.2 Å². The Morgan fingerprint density at radius 3 is 2.60 bits per heavy atom. The number of hydrogen-bond acceptors (Lipinski definition) is 4. The van der Waals surface area contributed by atoms with Crippen LogP contribution in [0.25, 0.3) is 10.2 Å². The first kappa shape index (κ1) is 17.9. The molecule has 4 nitrogen and oxygen atoms in total. The topological polar surface area (TPSA) is 46.4 Å². The molecule has 0 radical (unpaired) electrons. The maximum Gasteiger partial charge on any atom is 0.230 e. The summed E-state index contributed by atoms with van der Waals surface area (Å²) in [5.41, 5.74) is 2.23. The molecule has 0 aliphatic heterocycles. The van der Waals surface area contributed by atoms with E-state index in [4.69, 9.17) is 0 Å². The van der Waals surface area contributed by atoms with Crippen LogP contribution in [0.4, 0.5) is 0 Å². The fraction of sp³-hybridized carbons (Fsp3) is 0.263. The fourth-order valence-corrected chi connectivity index (χ4v) is 4.55. The fourth-order valence-electron chi connectivity index (χ4n) is 2.65. The number of rotatable bonds is 7. The first-order chi connectivity index (χ1) is 12.1. The summed E-state index contributed by atoms with van der Waals surface area (Å²) in [5.74, 6) is 0.441. The van der Waals surface area contributed by atoms with Gasteiger partial charge in [-0.05, 0) is 12.1 Å². The monoisotopic (exact) mass is 372 g/mol.